The molecule has 0 radical (unpaired) electrons. The minimum absolute atomic E-state index is 0.0777. The number of nitrogen functional groups attached to an aromatic ring is 1. The van der Waals surface area contributed by atoms with Crippen LogP contribution in [0.1, 0.15) is 57.8 Å². The number of imidazole rings is 1. The number of hydrogen-bond acceptors (Lipinski definition) is 8. The molecule has 1 aliphatic heterocycles. The number of carbonyl (C=O) groups excluding carboxylic acids is 2. The molecule has 3 aromatic carbocycles. The van der Waals surface area contributed by atoms with Gasteiger partial charge in [0, 0.05) is 66.2 Å². The standard InChI is InChI=1S/C37H37N11O2/c1-3-47-31-10-5-4-9-29(31)30-17-24(11-12-32(30)47)19-44(2)36(49)25-7-6-8-26(18-25)37(50)45-15-13-28(14-16-45)48-21-27(42-43-48)20-46-23-41-33-34(38)39-22-40-35(33)46/h4-12,17-18,21-23,28H,3,13-16,19-20H2,1-2H3,(H2,38,39,40). The lowest BCUT2D eigenvalue weighted by atomic mass is 10.0. The summed E-state index contributed by atoms with van der Waals surface area (Å²) in [5.74, 6) is 0.132. The predicted molar refractivity (Wildman–Crippen MR) is 190 cm³/mol. The van der Waals surface area contributed by atoms with E-state index in [4.69, 9.17) is 5.73 Å². The Bertz CT molecular complexity index is 2380. The normalized spacial score (nSPS) is 13.8. The lowest BCUT2D eigenvalue weighted by molar-refractivity contribution is 0.0689. The molecule has 2 N–H and O–H groups in total. The molecule has 1 saturated heterocycles. The minimum Gasteiger partial charge on any atom is -0.382 e. The summed E-state index contributed by atoms with van der Waals surface area (Å²) in [6, 6.07) is 22.0. The van der Waals surface area contributed by atoms with E-state index >= 15 is 0 Å². The number of nitrogens with two attached hydrogens (primary N) is 1. The maximum absolute atomic E-state index is 13.6. The van der Waals surface area contributed by atoms with Gasteiger partial charge in [0.25, 0.3) is 11.8 Å². The van der Waals surface area contributed by atoms with Gasteiger partial charge in [0.1, 0.15) is 17.5 Å². The van der Waals surface area contributed by atoms with Gasteiger partial charge in [-0.3, -0.25) is 9.59 Å². The fraction of sp³-hybridized carbons (Fsp3) is 0.270. The number of aryl methyl sites for hydroxylation is 1. The second kappa shape index (κ2) is 12.7. The van der Waals surface area contributed by atoms with Crippen LogP contribution in [0.2, 0.25) is 0 Å². The molecule has 1 fully saturated rings. The number of fused-ring (bicyclic) bond motifs is 4. The lowest BCUT2D eigenvalue weighted by Crippen LogP contribution is -2.39. The van der Waals surface area contributed by atoms with Gasteiger partial charge in [-0.15, -0.1) is 5.10 Å². The first-order valence-corrected chi connectivity index (χ1v) is 16.8. The Labute approximate surface area is 287 Å². The molecule has 1 aliphatic rings. The number of benzene rings is 3. The number of carbonyl (C=O) groups is 2. The highest BCUT2D eigenvalue weighted by atomic mass is 16.2. The van der Waals surface area contributed by atoms with Crippen molar-refractivity contribution in [3.8, 4) is 0 Å². The summed E-state index contributed by atoms with van der Waals surface area (Å²) in [5, 5.41) is 11.1. The van der Waals surface area contributed by atoms with E-state index in [9.17, 15) is 9.59 Å². The zero-order valence-corrected chi connectivity index (χ0v) is 28.0. The molecule has 0 bridgehead atoms. The van der Waals surface area contributed by atoms with Crippen LogP contribution in [-0.4, -0.2) is 80.8 Å². The number of aromatic nitrogens is 8. The Hall–Kier alpha value is -6.11. The lowest BCUT2D eigenvalue weighted by Gasteiger charge is -2.32. The second-order valence-electron chi connectivity index (χ2n) is 12.9. The SMILES string of the molecule is CCn1c2ccccc2c2cc(CN(C)C(=O)c3cccc(C(=O)N4CCC(n5cc(Cn6cnc7c(N)ncnc76)nn5)CC4)c3)ccc21. The molecule has 13 nitrogen and oxygen atoms in total. The van der Waals surface area contributed by atoms with Gasteiger partial charge in [-0.05, 0) is 61.7 Å². The summed E-state index contributed by atoms with van der Waals surface area (Å²) >= 11 is 0. The van der Waals surface area contributed by atoms with Crippen molar-refractivity contribution in [1.82, 2.24) is 48.9 Å². The van der Waals surface area contributed by atoms with E-state index in [1.165, 1.54) is 28.1 Å². The Morgan fingerprint density at radius 1 is 0.920 bits per heavy atom. The van der Waals surface area contributed by atoms with Crippen molar-refractivity contribution < 1.29 is 9.59 Å². The van der Waals surface area contributed by atoms with E-state index in [0.29, 0.717) is 54.3 Å². The van der Waals surface area contributed by atoms with Crippen LogP contribution in [0.3, 0.4) is 0 Å². The van der Waals surface area contributed by atoms with Gasteiger partial charge in [-0.1, -0.05) is 35.5 Å². The summed E-state index contributed by atoms with van der Waals surface area (Å²) in [6.45, 7) is 5.11. The van der Waals surface area contributed by atoms with Crippen molar-refractivity contribution in [2.45, 2.75) is 45.4 Å². The summed E-state index contributed by atoms with van der Waals surface area (Å²) < 4.78 is 6.07. The zero-order chi connectivity index (χ0) is 34.4. The number of para-hydroxylation sites is 1. The van der Waals surface area contributed by atoms with Gasteiger partial charge in [-0.25, -0.2) is 19.6 Å². The third kappa shape index (κ3) is 5.59. The Balaban J connectivity index is 0.899. The van der Waals surface area contributed by atoms with Crippen molar-refractivity contribution in [1.29, 1.82) is 0 Å². The molecule has 0 unspecified atom stereocenters. The minimum atomic E-state index is -0.129. The summed E-state index contributed by atoms with van der Waals surface area (Å²) in [4.78, 5) is 43.3. The molecule has 5 heterocycles. The molecule has 2 amide bonds. The van der Waals surface area contributed by atoms with Crippen LogP contribution in [-0.2, 0) is 19.6 Å². The summed E-state index contributed by atoms with van der Waals surface area (Å²) in [6.07, 6.45) is 6.52. The smallest absolute Gasteiger partial charge is 0.253 e. The average molecular weight is 668 g/mol. The van der Waals surface area contributed by atoms with Crippen molar-refractivity contribution >= 4 is 50.6 Å². The molecule has 8 rings (SSSR count). The van der Waals surface area contributed by atoms with Gasteiger partial charge in [0.15, 0.2) is 11.5 Å². The molecule has 7 aromatic rings. The van der Waals surface area contributed by atoms with Crippen molar-refractivity contribution in [3.63, 3.8) is 0 Å². The highest BCUT2D eigenvalue weighted by Gasteiger charge is 2.26. The highest BCUT2D eigenvalue weighted by Crippen LogP contribution is 2.30. The molecule has 0 atom stereocenters. The molecule has 50 heavy (non-hydrogen) atoms. The second-order valence-corrected chi connectivity index (χ2v) is 12.9. The van der Waals surface area contributed by atoms with Crippen LogP contribution >= 0.6 is 0 Å². The van der Waals surface area contributed by atoms with Crippen molar-refractivity contribution in [2.75, 3.05) is 25.9 Å². The predicted octanol–water partition coefficient (Wildman–Crippen LogP) is 4.93. The topological polar surface area (TPSA) is 146 Å². The largest absolute Gasteiger partial charge is 0.382 e. The van der Waals surface area contributed by atoms with Crippen LogP contribution in [0.4, 0.5) is 5.82 Å². The fourth-order valence-corrected chi connectivity index (χ4v) is 7.16. The van der Waals surface area contributed by atoms with Crippen molar-refractivity contribution in [3.05, 3.63) is 108 Å². The third-order valence-corrected chi connectivity index (χ3v) is 9.72. The number of hydrogen-bond donors (Lipinski definition) is 1. The molecular weight excluding hydrogens is 630 g/mol. The van der Waals surface area contributed by atoms with E-state index in [1.807, 2.05) is 20.3 Å². The maximum Gasteiger partial charge on any atom is 0.253 e. The molecule has 4 aromatic heterocycles. The molecule has 13 heteroatoms. The van der Waals surface area contributed by atoms with Gasteiger partial charge in [0.05, 0.1) is 25.1 Å². The first-order valence-electron chi connectivity index (χ1n) is 16.8. The van der Waals surface area contributed by atoms with E-state index in [2.05, 4.69) is 79.2 Å². The Kier molecular flexibility index (Phi) is 7.94. The quantitative estimate of drug-likeness (QED) is 0.240. The molecule has 0 spiro atoms. The van der Waals surface area contributed by atoms with Gasteiger partial charge >= 0.3 is 0 Å². The molecule has 252 valence electrons. The summed E-state index contributed by atoms with van der Waals surface area (Å²) in [5.41, 5.74) is 12.4. The van der Waals surface area contributed by atoms with E-state index in [1.54, 1.807) is 42.5 Å². The number of piperidine rings is 1. The average Bonchev–Trinajstić information content (AvgIpc) is 3.88. The zero-order valence-electron chi connectivity index (χ0n) is 28.0. The van der Waals surface area contributed by atoms with Gasteiger partial charge in [-0.2, -0.15) is 0 Å². The van der Waals surface area contributed by atoms with Gasteiger partial charge in [0.2, 0.25) is 0 Å². The van der Waals surface area contributed by atoms with Crippen LogP contribution < -0.4 is 5.73 Å². The maximum atomic E-state index is 13.6. The highest BCUT2D eigenvalue weighted by molar-refractivity contribution is 6.08. The number of nitrogens with zero attached hydrogens (tertiary/aromatic N) is 10. The number of rotatable bonds is 8. The Morgan fingerprint density at radius 3 is 2.56 bits per heavy atom. The Morgan fingerprint density at radius 2 is 1.72 bits per heavy atom. The first-order chi connectivity index (χ1) is 24.4. The van der Waals surface area contributed by atoms with Crippen LogP contribution in [0.15, 0.2) is 85.6 Å². The number of amides is 2. The third-order valence-electron chi connectivity index (χ3n) is 9.72. The van der Waals surface area contributed by atoms with Crippen LogP contribution in [0.5, 0.6) is 0 Å². The first kappa shape index (κ1) is 31.2. The van der Waals surface area contributed by atoms with E-state index in [-0.39, 0.29) is 17.9 Å². The summed E-state index contributed by atoms with van der Waals surface area (Å²) in [7, 11) is 1.80. The van der Waals surface area contributed by atoms with Crippen LogP contribution in [0, 0.1) is 0 Å². The van der Waals surface area contributed by atoms with Crippen molar-refractivity contribution in [2.24, 2.45) is 0 Å². The van der Waals surface area contributed by atoms with E-state index < -0.39 is 0 Å². The molecular formula is C37H37N11O2. The fourth-order valence-electron chi connectivity index (χ4n) is 7.16. The van der Waals surface area contributed by atoms with Gasteiger partial charge < -0.3 is 24.7 Å². The van der Waals surface area contributed by atoms with Crippen LogP contribution in [0.25, 0.3) is 33.0 Å². The van der Waals surface area contributed by atoms with E-state index in [0.717, 1.165) is 30.6 Å². The number of anilines is 1. The number of likely N-dealkylation sites (tertiary alicyclic amines) is 1. The molecule has 0 aliphatic carbocycles. The molecule has 0 saturated carbocycles. The monoisotopic (exact) mass is 667 g/mol.